The van der Waals surface area contributed by atoms with Gasteiger partial charge in [0.2, 0.25) is 5.91 Å². The van der Waals surface area contributed by atoms with Crippen LogP contribution in [-0.2, 0) is 11.3 Å². The number of nitrogens with one attached hydrogen (secondary N) is 1. The molecule has 3 aromatic rings. The highest BCUT2D eigenvalue weighted by Crippen LogP contribution is 2.41. The van der Waals surface area contributed by atoms with E-state index in [1.807, 2.05) is 24.3 Å². The van der Waals surface area contributed by atoms with Crippen LogP contribution in [0.15, 0.2) is 69.6 Å². The topological polar surface area (TPSA) is 49.4 Å². The Labute approximate surface area is 267 Å². The van der Waals surface area contributed by atoms with E-state index in [4.69, 9.17) is 34.8 Å². The predicted octanol–water partition coefficient (Wildman–Crippen LogP) is 9.45. The largest absolute Gasteiger partial charge is 0.399 e. The Morgan fingerprint density at radius 2 is 1.63 bits per heavy atom. The van der Waals surface area contributed by atoms with E-state index in [1.165, 1.54) is 24.3 Å². The van der Waals surface area contributed by atoms with Gasteiger partial charge >= 0.3 is 6.18 Å². The predicted molar refractivity (Wildman–Crippen MR) is 163 cm³/mol. The van der Waals surface area contributed by atoms with Gasteiger partial charge in [-0.05, 0) is 81.9 Å². The van der Waals surface area contributed by atoms with E-state index >= 15 is 0 Å². The van der Waals surface area contributed by atoms with Crippen LogP contribution in [0, 0.1) is 0 Å². The van der Waals surface area contributed by atoms with Crippen LogP contribution < -0.4 is 5.32 Å². The molecule has 1 saturated carbocycles. The molecule has 12 heteroatoms. The third-order valence-corrected chi connectivity index (χ3v) is 9.01. The number of allylic oxidation sites excluding steroid dienone is 1. The lowest BCUT2D eigenvalue weighted by molar-refractivity contribution is -0.139. The van der Waals surface area contributed by atoms with Gasteiger partial charge in [0.25, 0.3) is 5.91 Å². The fraction of sp³-hybridized carbons (Fsp3) is 0.241. The van der Waals surface area contributed by atoms with Crippen molar-refractivity contribution in [2.75, 3.05) is 7.05 Å². The molecule has 0 aliphatic heterocycles. The zero-order valence-corrected chi connectivity index (χ0v) is 26.8. The lowest BCUT2D eigenvalue weighted by atomic mass is 9.97. The van der Waals surface area contributed by atoms with E-state index in [2.05, 4.69) is 37.2 Å². The van der Waals surface area contributed by atoms with Crippen molar-refractivity contribution in [3.8, 4) is 0 Å². The lowest BCUT2D eigenvalue weighted by Gasteiger charge is -2.25. The summed E-state index contributed by atoms with van der Waals surface area (Å²) in [5.41, 5.74) is 0.473. The molecule has 41 heavy (non-hydrogen) atoms. The van der Waals surface area contributed by atoms with Gasteiger partial charge < -0.3 is 10.2 Å². The van der Waals surface area contributed by atoms with E-state index in [0.717, 1.165) is 28.2 Å². The highest BCUT2D eigenvalue weighted by Gasteiger charge is 2.52. The number of amides is 2. The normalized spacial score (nSPS) is 15.0. The minimum atomic E-state index is -4.62. The van der Waals surface area contributed by atoms with Gasteiger partial charge in [0, 0.05) is 22.5 Å². The standard InChI is InChI=1S/C29H22Br2Cl3F3N2O2/c1-39(15-17-2-6-19(30)7-3-17)27(41)28(10-11-28)38-26(40)20-8-4-16(12-22(20)31)5-9-21(29(35,36)37)18-13-23(32)25(34)24(33)14-18/h2-9,12-14,21H,10-11,15H2,1H3,(H,38,40)/b9-5+. The molecule has 4 nitrogen and oxygen atoms in total. The summed E-state index contributed by atoms with van der Waals surface area (Å²) in [5, 5.41) is 2.67. The van der Waals surface area contributed by atoms with Crippen molar-refractivity contribution in [1.82, 2.24) is 10.2 Å². The number of carbonyl (C=O) groups is 2. The SMILES string of the molecule is CN(Cc1ccc(Br)cc1)C(=O)C1(NC(=O)c2ccc(/C=C/C(c3cc(Cl)c(Cl)c(Cl)c3)C(F)(F)F)cc2Br)CC1. The Morgan fingerprint density at radius 3 is 2.17 bits per heavy atom. The first-order chi connectivity index (χ1) is 19.2. The van der Waals surface area contributed by atoms with Gasteiger partial charge in [-0.15, -0.1) is 0 Å². The summed E-state index contributed by atoms with van der Waals surface area (Å²) in [6, 6.07) is 14.4. The second kappa shape index (κ2) is 12.7. The van der Waals surface area contributed by atoms with E-state index in [1.54, 1.807) is 11.9 Å². The molecule has 0 bridgehead atoms. The molecule has 216 valence electrons. The van der Waals surface area contributed by atoms with Crippen molar-refractivity contribution >= 4 is 84.6 Å². The van der Waals surface area contributed by atoms with Gasteiger partial charge in [-0.1, -0.05) is 81.1 Å². The van der Waals surface area contributed by atoms with Crippen molar-refractivity contribution in [1.29, 1.82) is 0 Å². The van der Waals surface area contributed by atoms with E-state index in [-0.39, 0.29) is 32.1 Å². The van der Waals surface area contributed by atoms with Gasteiger partial charge in [-0.3, -0.25) is 9.59 Å². The summed E-state index contributed by atoms with van der Waals surface area (Å²) in [6.07, 6.45) is -1.32. The number of carbonyl (C=O) groups excluding carboxylic acids is 2. The number of halogens is 8. The monoisotopic (exact) mass is 750 g/mol. The summed E-state index contributed by atoms with van der Waals surface area (Å²) in [4.78, 5) is 27.9. The Balaban J connectivity index is 1.47. The lowest BCUT2D eigenvalue weighted by Crippen LogP contribution is -2.49. The van der Waals surface area contributed by atoms with E-state index in [9.17, 15) is 22.8 Å². The highest BCUT2D eigenvalue weighted by molar-refractivity contribution is 9.10. The molecule has 1 aliphatic carbocycles. The highest BCUT2D eigenvalue weighted by atomic mass is 79.9. The summed E-state index contributed by atoms with van der Waals surface area (Å²) in [5.74, 6) is -2.65. The van der Waals surface area contributed by atoms with E-state index in [0.29, 0.717) is 29.4 Å². The molecule has 1 unspecified atom stereocenters. The smallest absolute Gasteiger partial charge is 0.339 e. The minimum Gasteiger partial charge on any atom is -0.339 e. The van der Waals surface area contributed by atoms with Crippen LogP contribution in [0.5, 0.6) is 0 Å². The number of hydrogen-bond donors (Lipinski definition) is 1. The first kappa shape index (κ1) is 31.9. The van der Waals surface area contributed by atoms with Crippen LogP contribution in [0.4, 0.5) is 13.2 Å². The number of likely N-dealkylation sites (N-methyl/N-ethyl adjacent to an activating group) is 1. The molecule has 3 aromatic carbocycles. The zero-order chi connectivity index (χ0) is 30.1. The Hall–Kier alpha value is -2.04. The van der Waals surface area contributed by atoms with Gasteiger partial charge in [0.05, 0.1) is 26.5 Å². The minimum absolute atomic E-state index is 0.0225. The fourth-order valence-corrected chi connectivity index (χ4v) is 5.75. The van der Waals surface area contributed by atoms with E-state index < -0.39 is 23.5 Å². The summed E-state index contributed by atoms with van der Waals surface area (Å²) in [6.45, 7) is 0.391. The average molecular weight is 754 g/mol. The van der Waals surface area contributed by atoms with Gasteiger partial charge in [-0.25, -0.2) is 0 Å². The molecule has 0 heterocycles. The van der Waals surface area contributed by atoms with Crippen LogP contribution in [0.25, 0.3) is 6.08 Å². The summed E-state index contributed by atoms with van der Waals surface area (Å²) < 4.78 is 42.9. The zero-order valence-electron chi connectivity index (χ0n) is 21.3. The maximum absolute atomic E-state index is 13.9. The van der Waals surface area contributed by atoms with Crippen molar-refractivity contribution < 1.29 is 22.8 Å². The molecule has 1 fully saturated rings. The molecule has 1 aliphatic rings. The van der Waals surface area contributed by atoms with Crippen LogP contribution in [0.3, 0.4) is 0 Å². The van der Waals surface area contributed by atoms with Gasteiger partial charge in [0.1, 0.15) is 5.54 Å². The number of hydrogen-bond acceptors (Lipinski definition) is 2. The van der Waals surface area contributed by atoms with Crippen molar-refractivity contribution in [3.63, 3.8) is 0 Å². The van der Waals surface area contributed by atoms with Crippen molar-refractivity contribution in [2.24, 2.45) is 0 Å². The third-order valence-electron chi connectivity index (χ3n) is 6.63. The first-order valence-electron chi connectivity index (χ1n) is 12.2. The molecule has 2 amide bonds. The summed E-state index contributed by atoms with van der Waals surface area (Å²) in [7, 11) is 1.69. The summed E-state index contributed by atoms with van der Waals surface area (Å²) >= 11 is 24.5. The molecular formula is C29H22Br2Cl3F3N2O2. The van der Waals surface area contributed by atoms with Gasteiger partial charge in [-0.2, -0.15) is 13.2 Å². The Morgan fingerprint density at radius 1 is 1.02 bits per heavy atom. The Kier molecular flexibility index (Phi) is 9.86. The van der Waals surface area contributed by atoms with Gasteiger partial charge in [0.15, 0.2) is 0 Å². The van der Waals surface area contributed by atoms with Crippen molar-refractivity contribution in [3.05, 3.63) is 107 Å². The maximum Gasteiger partial charge on any atom is 0.399 e. The van der Waals surface area contributed by atoms with Crippen LogP contribution in [-0.4, -0.2) is 35.5 Å². The number of benzene rings is 3. The second-order valence-corrected chi connectivity index (χ2v) is 12.7. The molecule has 0 aromatic heterocycles. The molecule has 0 saturated heterocycles. The maximum atomic E-state index is 13.9. The third kappa shape index (κ3) is 7.68. The molecule has 1 N–H and O–H groups in total. The number of rotatable bonds is 8. The van der Waals surface area contributed by atoms with Crippen LogP contribution >= 0.6 is 66.7 Å². The average Bonchev–Trinajstić information content (AvgIpc) is 3.67. The van der Waals surface area contributed by atoms with Crippen molar-refractivity contribution in [2.45, 2.75) is 37.0 Å². The van der Waals surface area contributed by atoms with Crippen LogP contribution in [0.2, 0.25) is 15.1 Å². The molecule has 4 rings (SSSR count). The number of nitrogens with zero attached hydrogens (tertiary/aromatic N) is 1. The first-order valence-corrected chi connectivity index (χ1v) is 14.9. The number of alkyl halides is 3. The molecular weight excluding hydrogens is 731 g/mol. The second-order valence-electron chi connectivity index (χ2n) is 9.74. The van der Waals surface area contributed by atoms with Crippen LogP contribution in [0.1, 0.15) is 45.8 Å². The fourth-order valence-electron chi connectivity index (χ4n) is 4.29. The molecule has 0 radical (unpaired) electrons. The molecule has 1 atom stereocenters. The quantitative estimate of drug-likeness (QED) is 0.233. The molecule has 0 spiro atoms. The Bertz CT molecular complexity index is 1490.